The number of carbonyl (C=O) groups is 1. The third-order valence-electron chi connectivity index (χ3n) is 2.26. The Hall–Kier alpha value is -1.36. The number of ether oxygens (including phenoxy) is 1. The second-order valence-electron chi connectivity index (χ2n) is 3.58. The highest BCUT2D eigenvalue weighted by Gasteiger charge is 2.01. The summed E-state index contributed by atoms with van der Waals surface area (Å²) in [7, 11) is 1.96. The maximum Gasteiger partial charge on any atom is 0.305 e. The van der Waals surface area contributed by atoms with E-state index in [-0.39, 0.29) is 5.97 Å². The van der Waals surface area contributed by atoms with Crippen LogP contribution in [-0.2, 0) is 23.1 Å². The van der Waals surface area contributed by atoms with E-state index in [1.807, 2.05) is 24.7 Å². The number of aryl methyl sites for hydroxylation is 1. The molecule has 0 spiro atoms. The zero-order chi connectivity index (χ0) is 11.8. The minimum Gasteiger partial charge on any atom is -0.466 e. The summed E-state index contributed by atoms with van der Waals surface area (Å²) in [4.78, 5) is 15.0. The summed E-state index contributed by atoms with van der Waals surface area (Å²) in [5.74, 6) is -0.121. The summed E-state index contributed by atoms with van der Waals surface area (Å²) < 4.78 is 6.80. The van der Waals surface area contributed by atoms with Crippen molar-refractivity contribution in [2.24, 2.45) is 7.05 Å². The summed E-state index contributed by atoms with van der Waals surface area (Å²) in [6.45, 7) is 3.86. The molecule has 1 aromatic rings. The van der Waals surface area contributed by atoms with Gasteiger partial charge < -0.3 is 14.6 Å². The highest BCUT2D eigenvalue weighted by atomic mass is 16.5. The summed E-state index contributed by atoms with van der Waals surface area (Å²) in [6, 6.07) is 0. The molecule has 0 aliphatic heterocycles. The molecule has 0 unspecified atom stereocenters. The van der Waals surface area contributed by atoms with Crippen LogP contribution in [0.25, 0.3) is 0 Å². The second kappa shape index (κ2) is 7.00. The molecule has 5 heteroatoms. The van der Waals surface area contributed by atoms with Gasteiger partial charge in [0.25, 0.3) is 0 Å². The van der Waals surface area contributed by atoms with Crippen LogP contribution in [0, 0.1) is 0 Å². The van der Waals surface area contributed by atoms with Crippen LogP contribution in [0.2, 0.25) is 0 Å². The van der Waals surface area contributed by atoms with Crippen molar-refractivity contribution in [1.82, 2.24) is 14.9 Å². The fraction of sp³-hybridized carbons (Fsp3) is 0.636. The van der Waals surface area contributed by atoms with E-state index < -0.39 is 0 Å². The van der Waals surface area contributed by atoms with Crippen molar-refractivity contribution in [2.45, 2.75) is 26.3 Å². The lowest BCUT2D eigenvalue weighted by atomic mass is 10.3. The summed E-state index contributed by atoms with van der Waals surface area (Å²) in [6.07, 6.45) is 4.89. The molecule has 1 heterocycles. The van der Waals surface area contributed by atoms with Gasteiger partial charge in [-0.1, -0.05) is 0 Å². The topological polar surface area (TPSA) is 56.1 Å². The Bertz CT molecular complexity index is 323. The van der Waals surface area contributed by atoms with Gasteiger partial charge in [0.2, 0.25) is 0 Å². The largest absolute Gasteiger partial charge is 0.466 e. The zero-order valence-corrected chi connectivity index (χ0v) is 9.90. The molecule has 1 N–H and O–H groups in total. The third kappa shape index (κ3) is 4.44. The summed E-state index contributed by atoms with van der Waals surface area (Å²) in [5, 5.41) is 3.26. The Morgan fingerprint density at radius 3 is 3.06 bits per heavy atom. The number of esters is 1. The van der Waals surface area contributed by atoms with E-state index in [2.05, 4.69) is 10.3 Å². The Labute approximate surface area is 95.8 Å². The van der Waals surface area contributed by atoms with Gasteiger partial charge in [-0.2, -0.15) is 0 Å². The molecule has 0 aliphatic carbocycles. The predicted octanol–water partition coefficient (Wildman–Crippen LogP) is 0.853. The number of aromatic nitrogens is 2. The highest BCUT2D eigenvalue weighted by molar-refractivity contribution is 5.69. The van der Waals surface area contributed by atoms with Crippen LogP contribution >= 0.6 is 0 Å². The van der Waals surface area contributed by atoms with Gasteiger partial charge in [0.05, 0.1) is 18.6 Å². The fourth-order valence-electron chi connectivity index (χ4n) is 1.36. The molecule has 5 nitrogen and oxygen atoms in total. The van der Waals surface area contributed by atoms with Gasteiger partial charge >= 0.3 is 5.97 Å². The van der Waals surface area contributed by atoms with Crippen LogP contribution in [0.1, 0.15) is 25.5 Å². The molecule has 0 aliphatic rings. The van der Waals surface area contributed by atoms with E-state index in [0.717, 1.165) is 25.2 Å². The van der Waals surface area contributed by atoms with E-state index in [1.165, 1.54) is 0 Å². The molecule has 0 amide bonds. The van der Waals surface area contributed by atoms with Crippen molar-refractivity contribution in [3.8, 4) is 0 Å². The number of carbonyl (C=O) groups excluding carboxylic acids is 1. The first-order chi connectivity index (χ1) is 7.74. The number of nitrogens with zero attached hydrogens (tertiary/aromatic N) is 2. The van der Waals surface area contributed by atoms with E-state index in [0.29, 0.717) is 13.0 Å². The summed E-state index contributed by atoms with van der Waals surface area (Å²) >= 11 is 0. The maximum atomic E-state index is 11.0. The fourth-order valence-corrected chi connectivity index (χ4v) is 1.36. The molecule has 1 aromatic heterocycles. The van der Waals surface area contributed by atoms with Crippen molar-refractivity contribution in [1.29, 1.82) is 0 Å². The quantitative estimate of drug-likeness (QED) is 0.552. The van der Waals surface area contributed by atoms with Gasteiger partial charge in [0, 0.05) is 26.2 Å². The van der Waals surface area contributed by atoms with E-state index >= 15 is 0 Å². The zero-order valence-electron chi connectivity index (χ0n) is 9.90. The molecule has 1 rings (SSSR count). The first kappa shape index (κ1) is 12.7. The number of hydrogen-bond acceptors (Lipinski definition) is 4. The van der Waals surface area contributed by atoms with Gasteiger partial charge in [-0.3, -0.25) is 4.79 Å². The standard InChI is InChI=1S/C11H19N3O2/c1-3-16-11(15)5-4-6-12-7-10-8-13-9-14(10)2/h8-9,12H,3-7H2,1-2H3. The Morgan fingerprint density at radius 1 is 1.62 bits per heavy atom. The summed E-state index contributed by atoms with van der Waals surface area (Å²) in [5.41, 5.74) is 1.14. The predicted molar refractivity (Wildman–Crippen MR) is 60.8 cm³/mol. The molecule has 90 valence electrons. The van der Waals surface area contributed by atoms with Crippen LogP contribution < -0.4 is 5.32 Å². The van der Waals surface area contributed by atoms with Gasteiger partial charge in [0.1, 0.15) is 0 Å². The molecule has 0 bridgehead atoms. The Morgan fingerprint density at radius 2 is 2.44 bits per heavy atom. The van der Waals surface area contributed by atoms with Crippen LogP contribution in [-0.4, -0.2) is 28.7 Å². The van der Waals surface area contributed by atoms with Gasteiger partial charge in [0.15, 0.2) is 0 Å². The lowest BCUT2D eigenvalue weighted by Crippen LogP contribution is -2.17. The van der Waals surface area contributed by atoms with Crippen LogP contribution in [0.3, 0.4) is 0 Å². The van der Waals surface area contributed by atoms with Crippen LogP contribution in [0.4, 0.5) is 0 Å². The van der Waals surface area contributed by atoms with Crippen LogP contribution in [0.15, 0.2) is 12.5 Å². The maximum absolute atomic E-state index is 11.0. The third-order valence-corrected chi connectivity index (χ3v) is 2.26. The van der Waals surface area contributed by atoms with E-state index in [4.69, 9.17) is 4.74 Å². The molecular formula is C11H19N3O2. The monoisotopic (exact) mass is 225 g/mol. The molecule has 0 fully saturated rings. The first-order valence-electron chi connectivity index (χ1n) is 5.55. The molecule has 16 heavy (non-hydrogen) atoms. The average molecular weight is 225 g/mol. The molecule has 0 aromatic carbocycles. The Kier molecular flexibility index (Phi) is 5.56. The van der Waals surface area contributed by atoms with Crippen molar-refractivity contribution < 1.29 is 9.53 Å². The van der Waals surface area contributed by atoms with Crippen LogP contribution in [0.5, 0.6) is 0 Å². The lowest BCUT2D eigenvalue weighted by molar-refractivity contribution is -0.143. The Balaban J connectivity index is 2.04. The minimum atomic E-state index is -0.121. The number of nitrogens with one attached hydrogen (secondary N) is 1. The minimum absolute atomic E-state index is 0.121. The van der Waals surface area contributed by atoms with Gasteiger partial charge in [-0.05, 0) is 19.9 Å². The van der Waals surface area contributed by atoms with Gasteiger partial charge in [-0.25, -0.2) is 4.98 Å². The molecule has 0 radical (unpaired) electrons. The van der Waals surface area contributed by atoms with Crippen molar-refractivity contribution in [2.75, 3.05) is 13.2 Å². The number of rotatable bonds is 7. The van der Waals surface area contributed by atoms with E-state index in [9.17, 15) is 4.79 Å². The van der Waals surface area contributed by atoms with Crippen molar-refractivity contribution in [3.05, 3.63) is 18.2 Å². The molecule has 0 saturated heterocycles. The van der Waals surface area contributed by atoms with Gasteiger partial charge in [-0.15, -0.1) is 0 Å². The lowest BCUT2D eigenvalue weighted by Gasteiger charge is -2.05. The average Bonchev–Trinajstić information content (AvgIpc) is 2.64. The number of imidazole rings is 1. The molecule has 0 atom stereocenters. The van der Waals surface area contributed by atoms with Crippen molar-refractivity contribution >= 4 is 5.97 Å². The second-order valence-corrected chi connectivity index (χ2v) is 3.58. The molecular weight excluding hydrogens is 206 g/mol. The highest BCUT2D eigenvalue weighted by Crippen LogP contribution is 1.96. The van der Waals surface area contributed by atoms with E-state index in [1.54, 1.807) is 6.33 Å². The van der Waals surface area contributed by atoms with Crippen molar-refractivity contribution in [3.63, 3.8) is 0 Å². The number of hydrogen-bond donors (Lipinski definition) is 1. The SMILES string of the molecule is CCOC(=O)CCCNCc1cncn1C. The normalized spacial score (nSPS) is 10.4. The first-order valence-corrected chi connectivity index (χ1v) is 5.55. The molecule has 0 saturated carbocycles. The smallest absolute Gasteiger partial charge is 0.305 e.